The number of likely N-dealkylation sites (tertiary alicyclic amines) is 1. The molecule has 5 aliphatic rings. The summed E-state index contributed by atoms with van der Waals surface area (Å²) in [5, 5.41) is 0. The molecule has 1 aromatic rings. The van der Waals surface area contributed by atoms with Crippen LogP contribution in [0.2, 0.25) is 0 Å². The first-order valence-corrected chi connectivity index (χ1v) is 10.4. The van der Waals surface area contributed by atoms with Gasteiger partial charge in [-0.3, -0.25) is 9.59 Å². The van der Waals surface area contributed by atoms with E-state index in [1.54, 1.807) is 0 Å². The molecule has 2 bridgehead atoms. The lowest BCUT2D eigenvalue weighted by atomic mass is 9.73. The molecule has 0 aromatic heterocycles. The summed E-state index contributed by atoms with van der Waals surface area (Å²) in [7, 11) is 0. The SMILES string of the molecule is O=C(C1C2CCC(CC2)N1C(=O)[C@H]1C[C@@H]1c1ccccc1)N1CCCC1. The van der Waals surface area contributed by atoms with Gasteiger partial charge in [-0.15, -0.1) is 0 Å². The van der Waals surface area contributed by atoms with Gasteiger partial charge in [0.1, 0.15) is 6.04 Å². The zero-order valence-corrected chi connectivity index (χ0v) is 15.3. The lowest BCUT2D eigenvalue weighted by Crippen LogP contribution is -2.63. The summed E-state index contributed by atoms with van der Waals surface area (Å²) in [4.78, 5) is 30.7. The minimum Gasteiger partial charge on any atom is -0.341 e. The van der Waals surface area contributed by atoms with Crippen LogP contribution in [-0.2, 0) is 9.59 Å². The van der Waals surface area contributed by atoms with E-state index >= 15 is 0 Å². The number of hydrogen-bond acceptors (Lipinski definition) is 2. The second-order valence-electron chi connectivity index (χ2n) is 8.65. The van der Waals surface area contributed by atoms with Crippen molar-refractivity contribution < 1.29 is 9.59 Å². The van der Waals surface area contributed by atoms with Crippen LogP contribution in [0.4, 0.5) is 0 Å². The smallest absolute Gasteiger partial charge is 0.245 e. The Morgan fingerprint density at radius 2 is 1.58 bits per heavy atom. The summed E-state index contributed by atoms with van der Waals surface area (Å²) in [5.74, 6) is 1.32. The van der Waals surface area contributed by atoms with E-state index < -0.39 is 0 Å². The van der Waals surface area contributed by atoms with Crippen molar-refractivity contribution in [1.29, 1.82) is 0 Å². The predicted molar refractivity (Wildman–Crippen MR) is 99.5 cm³/mol. The predicted octanol–water partition coefficient (Wildman–Crippen LogP) is 3.18. The van der Waals surface area contributed by atoms with Crippen molar-refractivity contribution >= 4 is 11.8 Å². The standard InChI is InChI=1S/C22H28N2O2/c25-21(19-14-18(19)15-6-2-1-3-7-15)24-17-10-8-16(9-11-17)20(24)22(26)23-12-4-5-13-23/h1-3,6-7,16-20H,4-5,8-14H2/t16?,17?,18-,19+,20?/m1/s1. The number of carbonyl (C=O) groups is 2. The summed E-state index contributed by atoms with van der Waals surface area (Å²) in [5.41, 5.74) is 1.27. The van der Waals surface area contributed by atoms with Crippen LogP contribution < -0.4 is 0 Å². The molecule has 3 heterocycles. The molecule has 3 saturated heterocycles. The van der Waals surface area contributed by atoms with Gasteiger partial charge in [-0.2, -0.15) is 0 Å². The molecule has 1 aromatic carbocycles. The number of hydrogen-bond donors (Lipinski definition) is 0. The molecule has 2 saturated carbocycles. The van der Waals surface area contributed by atoms with Gasteiger partial charge in [0, 0.05) is 25.0 Å². The minimum absolute atomic E-state index is 0.0885. The largest absolute Gasteiger partial charge is 0.341 e. The molecule has 5 fully saturated rings. The number of rotatable bonds is 3. The number of amides is 2. The van der Waals surface area contributed by atoms with E-state index in [-0.39, 0.29) is 23.8 Å². The lowest BCUT2D eigenvalue weighted by Gasteiger charge is -2.51. The fraction of sp³-hybridized carbons (Fsp3) is 0.636. The third kappa shape index (κ3) is 2.65. The highest BCUT2D eigenvalue weighted by Gasteiger charge is 2.54. The molecule has 6 rings (SSSR count). The molecule has 4 nitrogen and oxygen atoms in total. The first-order valence-electron chi connectivity index (χ1n) is 10.4. The van der Waals surface area contributed by atoms with Gasteiger partial charge >= 0.3 is 0 Å². The zero-order valence-electron chi connectivity index (χ0n) is 15.3. The molecular formula is C22H28N2O2. The number of nitrogens with zero attached hydrogens (tertiary/aromatic N) is 2. The molecule has 2 aliphatic carbocycles. The highest BCUT2D eigenvalue weighted by molar-refractivity contribution is 5.91. The minimum atomic E-state index is -0.176. The average Bonchev–Trinajstić information content (AvgIpc) is 3.32. The number of benzene rings is 1. The molecule has 26 heavy (non-hydrogen) atoms. The topological polar surface area (TPSA) is 40.6 Å². The molecule has 0 radical (unpaired) electrons. The van der Waals surface area contributed by atoms with E-state index in [9.17, 15) is 9.59 Å². The fourth-order valence-electron chi connectivity index (χ4n) is 5.64. The van der Waals surface area contributed by atoms with Crippen LogP contribution in [0.15, 0.2) is 30.3 Å². The quantitative estimate of drug-likeness (QED) is 0.838. The molecule has 1 unspecified atom stereocenters. The fourth-order valence-corrected chi connectivity index (χ4v) is 5.64. The van der Waals surface area contributed by atoms with E-state index in [0.717, 1.165) is 58.0 Å². The van der Waals surface area contributed by atoms with Crippen molar-refractivity contribution in [2.75, 3.05) is 13.1 Å². The van der Waals surface area contributed by atoms with E-state index in [2.05, 4.69) is 29.2 Å². The van der Waals surface area contributed by atoms with Crippen LogP contribution in [0.5, 0.6) is 0 Å². The number of piperidine rings is 2. The van der Waals surface area contributed by atoms with E-state index in [1.807, 2.05) is 11.0 Å². The maximum atomic E-state index is 13.4. The molecule has 4 heteroatoms. The van der Waals surface area contributed by atoms with Crippen molar-refractivity contribution in [2.45, 2.75) is 62.9 Å². The van der Waals surface area contributed by atoms with Gasteiger partial charge in [0.25, 0.3) is 0 Å². The lowest BCUT2D eigenvalue weighted by molar-refractivity contribution is -0.159. The third-order valence-electron chi connectivity index (χ3n) is 7.14. The Labute approximate surface area is 155 Å². The monoisotopic (exact) mass is 352 g/mol. The zero-order chi connectivity index (χ0) is 17.7. The molecule has 0 N–H and O–H groups in total. The van der Waals surface area contributed by atoms with E-state index in [4.69, 9.17) is 0 Å². The Bertz CT molecular complexity index is 689. The third-order valence-corrected chi connectivity index (χ3v) is 7.14. The van der Waals surface area contributed by atoms with Gasteiger partial charge in [-0.25, -0.2) is 0 Å². The van der Waals surface area contributed by atoms with Crippen molar-refractivity contribution in [3.05, 3.63) is 35.9 Å². The van der Waals surface area contributed by atoms with Gasteiger partial charge in [0.05, 0.1) is 0 Å². The molecule has 0 spiro atoms. The van der Waals surface area contributed by atoms with Crippen molar-refractivity contribution in [1.82, 2.24) is 9.80 Å². The van der Waals surface area contributed by atoms with Crippen LogP contribution in [0.3, 0.4) is 0 Å². The highest BCUT2D eigenvalue weighted by atomic mass is 16.2. The van der Waals surface area contributed by atoms with Gasteiger partial charge in [0.2, 0.25) is 11.8 Å². The summed E-state index contributed by atoms with van der Waals surface area (Å²) in [6.45, 7) is 1.76. The van der Waals surface area contributed by atoms with Crippen LogP contribution in [0, 0.1) is 11.8 Å². The Morgan fingerprint density at radius 3 is 2.27 bits per heavy atom. The highest BCUT2D eigenvalue weighted by Crippen LogP contribution is 2.51. The molecular weight excluding hydrogens is 324 g/mol. The normalized spacial score (nSPS) is 35.6. The second kappa shape index (κ2) is 6.40. The van der Waals surface area contributed by atoms with Crippen LogP contribution in [-0.4, -0.2) is 46.8 Å². The molecule has 3 atom stereocenters. The van der Waals surface area contributed by atoms with E-state index in [1.165, 1.54) is 5.56 Å². The Kier molecular flexibility index (Phi) is 4.02. The van der Waals surface area contributed by atoms with Gasteiger partial charge in [0.15, 0.2) is 0 Å². The Morgan fingerprint density at radius 1 is 0.885 bits per heavy atom. The first-order chi connectivity index (χ1) is 12.7. The maximum Gasteiger partial charge on any atom is 0.245 e. The molecule has 138 valence electrons. The maximum absolute atomic E-state index is 13.4. The Balaban J connectivity index is 1.37. The van der Waals surface area contributed by atoms with Crippen LogP contribution >= 0.6 is 0 Å². The van der Waals surface area contributed by atoms with Gasteiger partial charge in [-0.05, 0) is 62.3 Å². The summed E-state index contributed by atoms with van der Waals surface area (Å²) >= 11 is 0. The van der Waals surface area contributed by atoms with Crippen molar-refractivity contribution in [2.24, 2.45) is 11.8 Å². The number of fused-ring (bicyclic) bond motifs is 3. The molecule has 3 aliphatic heterocycles. The summed E-state index contributed by atoms with van der Waals surface area (Å²) in [6.07, 6.45) is 7.57. The van der Waals surface area contributed by atoms with Gasteiger partial charge in [-0.1, -0.05) is 30.3 Å². The van der Waals surface area contributed by atoms with Crippen molar-refractivity contribution in [3.63, 3.8) is 0 Å². The Hall–Kier alpha value is -1.84. The van der Waals surface area contributed by atoms with E-state index in [0.29, 0.717) is 17.9 Å². The first kappa shape index (κ1) is 16.3. The summed E-state index contributed by atoms with van der Waals surface area (Å²) in [6, 6.07) is 10.5. The van der Waals surface area contributed by atoms with Crippen LogP contribution in [0.1, 0.15) is 56.4 Å². The average molecular weight is 352 g/mol. The van der Waals surface area contributed by atoms with Gasteiger partial charge < -0.3 is 9.80 Å². The number of carbonyl (C=O) groups excluding carboxylic acids is 2. The summed E-state index contributed by atoms with van der Waals surface area (Å²) < 4.78 is 0. The van der Waals surface area contributed by atoms with Crippen LogP contribution in [0.25, 0.3) is 0 Å². The molecule has 2 amide bonds. The second-order valence-corrected chi connectivity index (χ2v) is 8.65. The van der Waals surface area contributed by atoms with Crippen molar-refractivity contribution in [3.8, 4) is 0 Å².